The number of ketones is 1. The van der Waals surface area contributed by atoms with Crippen molar-refractivity contribution >= 4 is 17.5 Å². The molecule has 0 radical (unpaired) electrons. The monoisotopic (exact) mass is 220 g/mol. The second kappa shape index (κ2) is 3.67. The Kier molecular flexibility index (Phi) is 2.63. The molecule has 1 aromatic rings. The zero-order chi connectivity index (χ0) is 11.1. The molecule has 0 saturated carbocycles. The Balaban J connectivity index is 2.45. The molecule has 0 aliphatic carbocycles. The average Bonchev–Trinajstić information content (AvgIpc) is 2.20. The lowest BCUT2D eigenvalue weighted by molar-refractivity contribution is 0.0964. The highest BCUT2D eigenvalue weighted by molar-refractivity contribution is 8.00. The molecule has 1 unspecified atom stereocenters. The van der Waals surface area contributed by atoms with Crippen LogP contribution < -0.4 is 0 Å². The Morgan fingerprint density at radius 1 is 1.47 bits per heavy atom. The Morgan fingerprint density at radius 2 is 2.20 bits per heavy atom. The first-order valence-electron chi connectivity index (χ1n) is 5.37. The Morgan fingerprint density at radius 3 is 2.87 bits per heavy atom. The number of carbonyl (C=O) groups excluding carboxylic acids is 1. The Labute approximate surface area is 95.3 Å². The first-order valence-corrected chi connectivity index (χ1v) is 6.18. The summed E-state index contributed by atoms with van der Waals surface area (Å²) in [5.41, 5.74) is 2.09. The van der Waals surface area contributed by atoms with Gasteiger partial charge in [-0.1, -0.05) is 18.6 Å². The Bertz CT molecular complexity index is 411. The molecule has 0 saturated heterocycles. The van der Waals surface area contributed by atoms with Gasteiger partial charge in [0.2, 0.25) is 0 Å². The quantitative estimate of drug-likeness (QED) is 0.715. The van der Waals surface area contributed by atoms with Crippen LogP contribution in [0.2, 0.25) is 0 Å². The second-order valence-electron chi connectivity index (χ2n) is 4.51. The normalized spacial score (nSPS) is 25.1. The predicted octanol–water partition coefficient (Wildman–Crippen LogP) is 3.84. The highest BCUT2D eigenvalue weighted by Gasteiger charge is 2.33. The van der Waals surface area contributed by atoms with Crippen LogP contribution in [-0.4, -0.2) is 10.5 Å². The van der Waals surface area contributed by atoms with E-state index in [2.05, 4.69) is 26.0 Å². The van der Waals surface area contributed by atoms with E-state index in [9.17, 15) is 4.79 Å². The summed E-state index contributed by atoms with van der Waals surface area (Å²) in [6, 6.07) is 6.18. The van der Waals surface area contributed by atoms with Gasteiger partial charge >= 0.3 is 0 Å². The third-order valence-corrected chi connectivity index (χ3v) is 4.58. The van der Waals surface area contributed by atoms with Crippen molar-refractivity contribution in [2.24, 2.45) is 0 Å². The third-order valence-electron chi connectivity index (χ3n) is 3.07. The molecule has 0 amide bonds. The number of aryl methyl sites for hydroxylation is 1. The molecule has 1 nitrogen and oxygen atoms in total. The van der Waals surface area contributed by atoms with E-state index in [1.165, 1.54) is 5.56 Å². The van der Waals surface area contributed by atoms with Gasteiger partial charge in [-0.15, -0.1) is 11.8 Å². The number of Topliss-reactive ketones (excluding diaryl/α,β-unsaturated/α-hetero) is 1. The van der Waals surface area contributed by atoms with E-state index >= 15 is 0 Å². The molecule has 2 rings (SSSR count). The van der Waals surface area contributed by atoms with E-state index in [-0.39, 0.29) is 4.75 Å². The van der Waals surface area contributed by atoms with Crippen LogP contribution in [0.15, 0.2) is 23.1 Å². The molecule has 15 heavy (non-hydrogen) atoms. The summed E-state index contributed by atoms with van der Waals surface area (Å²) in [5, 5.41) is 0. The van der Waals surface area contributed by atoms with Gasteiger partial charge < -0.3 is 0 Å². The van der Waals surface area contributed by atoms with E-state index in [1.807, 2.05) is 24.8 Å². The molecule has 0 N–H and O–H groups in total. The number of carbonyl (C=O) groups is 1. The average molecular weight is 220 g/mol. The molecule has 0 fully saturated rings. The lowest BCUT2D eigenvalue weighted by Gasteiger charge is -2.32. The maximum atomic E-state index is 12.0. The molecule has 80 valence electrons. The summed E-state index contributed by atoms with van der Waals surface area (Å²) in [5.74, 6) is 0.303. The minimum absolute atomic E-state index is 0.0966. The van der Waals surface area contributed by atoms with Gasteiger partial charge in [0.15, 0.2) is 5.78 Å². The fraction of sp³-hybridized carbons (Fsp3) is 0.462. The van der Waals surface area contributed by atoms with Crippen LogP contribution in [0.5, 0.6) is 0 Å². The lowest BCUT2D eigenvalue weighted by atomic mass is 9.95. The van der Waals surface area contributed by atoms with Crippen LogP contribution in [0.1, 0.15) is 42.6 Å². The summed E-state index contributed by atoms with van der Waals surface area (Å²) in [6.07, 6.45) is 1.71. The van der Waals surface area contributed by atoms with Gasteiger partial charge in [0.1, 0.15) is 0 Å². The van der Waals surface area contributed by atoms with E-state index in [1.54, 1.807) is 0 Å². The molecule has 1 aliphatic heterocycles. The van der Waals surface area contributed by atoms with Gasteiger partial charge in [0, 0.05) is 21.6 Å². The summed E-state index contributed by atoms with van der Waals surface area (Å²) in [7, 11) is 0. The molecule has 1 aliphatic rings. The van der Waals surface area contributed by atoms with Gasteiger partial charge in [-0.05, 0) is 32.4 Å². The molecule has 1 heterocycles. The van der Waals surface area contributed by atoms with Crippen molar-refractivity contribution < 1.29 is 4.79 Å². The number of hydrogen-bond donors (Lipinski definition) is 0. The Hall–Kier alpha value is -0.760. The van der Waals surface area contributed by atoms with Crippen molar-refractivity contribution in [3.63, 3.8) is 0 Å². The number of hydrogen-bond acceptors (Lipinski definition) is 2. The number of fused-ring (bicyclic) bond motifs is 1. The van der Waals surface area contributed by atoms with E-state index in [0.717, 1.165) is 16.9 Å². The van der Waals surface area contributed by atoms with Crippen LogP contribution in [-0.2, 0) is 0 Å². The summed E-state index contributed by atoms with van der Waals surface area (Å²) < 4.78 is 0.0966. The SMILES string of the molecule is CCC1(C)CC(=O)c2cc(C)ccc2S1. The smallest absolute Gasteiger partial charge is 0.165 e. The van der Waals surface area contributed by atoms with E-state index < -0.39 is 0 Å². The molecule has 1 atom stereocenters. The van der Waals surface area contributed by atoms with Gasteiger partial charge in [-0.3, -0.25) is 4.79 Å². The summed E-state index contributed by atoms with van der Waals surface area (Å²) in [4.78, 5) is 13.2. The molecular weight excluding hydrogens is 204 g/mol. The van der Waals surface area contributed by atoms with Crippen LogP contribution in [0.4, 0.5) is 0 Å². The topological polar surface area (TPSA) is 17.1 Å². The number of rotatable bonds is 1. The molecule has 0 bridgehead atoms. The van der Waals surface area contributed by atoms with Crippen molar-refractivity contribution in [2.45, 2.75) is 43.3 Å². The largest absolute Gasteiger partial charge is 0.294 e. The van der Waals surface area contributed by atoms with E-state index in [4.69, 9.17) is 0 Å². The molecule has 0 aromatic heterocycles. The van der Waals surface area contributed by atoms with Crippen LogP contribution in [0, 0.1) is 6.92 Å². The first-order chi connectivity index (χ1) is 7.04. The van der Waals surface area contributed by atoms with Crippen molar-refractivity contribution in [1.29, 1.82) is 0 Å². The number of benzene rings is 1. The molecule has 2 heteroatoms. The minimum atomic E-state index is 0.0966. The molecule has 0 spiro atoms. The lowest BCUT2D eigenvalue weighted by Crippen LogP contribution is -2.28. The number of thioether (sulfide) groups is 1. The van der Waals surface area contributed by atoms with E-state index in [0.29, 0.717) is 12.2 Å². The zero-order valence-corrected chi connectivity index (χ0v) is 10.3. The van der Waals surface area contributed by atoms with Gasteiger partial charge in [-0.2, -0.15) is 0 Å². The maximum absolute atomic E-state index is 12.0. The van der Waals surface area contributed by atoms with Crippen LogP contribution in [0.25, 0.3) is 0 Å². The van der Waals surface area contributed by atoms with Gasteiger partial charge in [-0.25, -0.2) is 0 Å². The second-order valence-corrected chi connectivity index (χ2v) is 6.13. The van der Waals surface area contributed by atoms with Crippen molar-refractivity contribution in [3.8, 4) is 0 Å². The summed E-state index contributed by atoms with van der Waals surface area (Å²) in [6.45, 7) is 6.36. The van der Waals surface area contributed by atoms with Crippen LogP contribution in [0.3, 0.4) is 0 Å². The highest BCUT2D eigenvalue weighted by Crippen LogP contribution is 2.44. The minimum Gasteiger partial charge on any atom is -0.294 e. The zero-order valence-electron chi connectivity index (χ0n) is 9.46. The standard InChI is InChI=1S/C13H16OS/c1-4-13(3)8-11(14)10-7-9(2)5-6-12(10)15-13/h5-7H,4,8H2,1-3H3. The van der Waals surface area contributed by atoms with Crippen molar-refractivity contribution in [3.05, 3.63) is 29.3 Å². The highest BCUT2D eigenvalue weighted by atomic mass is 32.2. The summed E-state index contributed by atoms with van der Waals surface area (Å²) >= 11 is 1.85. The fourth-order valence-electron chi connectivity index (χ4n) is 1.88. The predicted molar refractivity (Wildman–Crippen MR) is 64.7 cm³/mol. The molecular formula is C13H16OS. The fourth-order valence-corrected chi connectivity index (χ4v) is 3.18. The van der Waals surface area contributed by atoms with Crippen molar-refractivity contribution in [1.82, 2.24) is 0 Å². The van der Waals surface area contributed by atoms with Crippen LogP contribution >= 0.6 is 11.8 Å². The van der Waals surface area contributed by atoms with Gasteiger partial charge in [0.25, 0.3) is 0 Å². The maximum Gasteiger partial charge on any atom is 0.165 e. The van der Waals surface area contributed by atoms with Crippen molar-refractivity contribution in [2.75, 3.05) is 0 Å². The van der Waals surface area contributed by atoms with Gasteiger partial charge in [0.05, 0.1) is 0 Å². The molecule has 1 aromatic carbocycles. The first kappa shape index (κ1) is 10.7. The third kappa shape index (κ3) is 1.96.